The molecule has 0 amide bonds. The summed E-state index contributed by atoms with van der Waals surface area (Å²) >= 11 is 0. The molecule has 0 radical (unpaired) electrons. The van der Waals surface area contributed by atoms with Crippen LogP contribution in [0.1, 0.15) is 71.6 Å². The molecule has 2 fully saturated rings. The average molecular weight is 315 g/mol. The smallest absolute Gasteiger partial charge is 0.119 e. The standard InChI is InChI=1S/C22H34O/c1-3-18-9-11-20(12-10-18)21-15-13-19(14-16-21)17(2)23-22-7-5-4-6-8-22/h4-8,17-21H,3,9-16H2,1-2H3/t17?,18-,19?,20-,21?. The van der Waals surface area contributed by atoms with Crippen LogP contribution in [0.2, 0.25) is 0 Å². The van der Waals surface area contributed by atoms with Crippen molar-refractivity contribution in [3.63, 3.8) is 0 Å². The molecule has 0 N–H and O–H groups in total. The second-order valence-electron chi connectivity index (χ2n) is 8.00. The molecule has 1 unspecified atom stereocenters. The Kier molecular flexibility index (Phi) is 6.02. The van der Waals surface area contributed by atoms with Crippen molar-refractivity contribution in [1.82, 2.24) is 0 Å². The summed E-state index contributed by atoms with van der Waals surface area (Å²) < 4.78 is 6.16. The number of para-hydroxylation sites is 1. The fourth-order valence-electron chi connectivity index (χ4n) is 4.96. The molecule has 0 aliphatic heterocycles. The first-order valence-corrected chi connectivity index (χ1v) is 9.98. The first-order chi connectivity index (χ1) is 11.3. The predicted octanol–water partition coefficient (Wildman–Crippen LogP) is 6.48. The molecule has 1 aromatic rings. The maximum absolute atomic E-state index is 6.16. The molecule has 1 aromatic carbocycles. The van der Waals surface area contributed by atoms with E-state index < -0.39 is 0 Å². The summed E-state index contributed by atoms with van der Waals surface area (Å²) in [6, 6.07) is 10.3. The van der Waals surface area contributed by atoms with Gasteiger partial charge in [0.1, 0.15) is 5.75 Å². The highest BCUT2D eigenvalue weighted by Gasteiger charge is 2.32. The molecule has 128 valence electrons. The van der Waals surface area contributed by atoms with E-state index in [2.05, 4.69) is 44.2 Å². The van der Waals surface area contributed by atoms with Gasteiger partial charge in [0, 0.05) is 0 Å². The van der Waals surface area contributed by atoms with Gasteiger partial charge in [-0.15, -0.1) is 0 Å². The van der Waals surface area contributed by atoms with Crippen LogP contribution in [0.5, 0.6) is 5.75 Å². The largest absolute Gasteiger partial charge is 0.490 e. The van der Waals surface area contributed by atoms with Crippen LogP contribution in [-0.4, -0.2) is 6.10 Å². The molecule has 0 saturated heterocycles. The Bertz CT molecular complexity index is 438. The Morgan fingerprint density at radius 2 is 1.43 bits per heavy atom. The van der Waals surface area contributed by atoms with E-state index in [9.17, 15) is 0 Å². The molecule has 23 heavy (non-hydrogen) atoms. The van der Waals surface area contributed by atoms with Crippen LogP contribution in [0.3, 0.4) is 0 Å². The van der Waals surface area contributed by atoms with E-state index in [4.69, 9.17) is 4.74 Å². The Morgan fingerprint density at radius 3 is 2.00 bits per heavy atom. The second kappa shape index (κ2) is 8.22. The lowest BCUT2D eigenvalue weighted by molar-refractivity contribution is 0.0827. The monoisotopic (exact) mass is 314 g/mol. The quantitative estimate of drug-likeness (QED) is 0.604. The zero-order valence-electron chi connectivity index (χ0n) is 15.0. The van der Waals surface area contributed by atoms with E-state index in [0.29, 0.717) is 6.10 Å². The van der Waals surface area contributed by atoms with E-state index in [1.54, 1.807) is 0 Å². The molecule has 0 heterocycles. The Labute approximate surface area is 142 Å². The van der Waals surface area contributed by atoms with Gasteiger partial charge in [0.15, 0.2) is 0 Å². The van der Waals surface area contributed by atoms with Crippen molar-refractivity contribution in [2.24, 2.45) is 23.7 Å². The summed E-state index contributed by atoms with van der Waals surface area (Å²) in [7, 11) is 0. The van der Waals surface area contributed by atoms with Gasteiger partial charge in [0.25, 0.3) is 0 Å². The average Bonchev–Trinajstić information content (AvgIpc) is 2.63. The molecule has 1 heteroatoms. The maximum atomic E-state index is 6.16. The highest BCUT2D eigenvalue weighted by Crippen LogP contribution is 2.42. The summed E-state index contributed by atoms with van der Waals surface area (Å²) in [6.07, 6.45) is 13.4. The lowest BCUT2D eigenvalue weighted by Gasteiger charge is -2.39. The Balaban J connectivity index is 1.43. The van der Waals surface area contributed by atoms with E-state index in [0.717, 1.165) is 29.4 Å². The zero-order valence-corrected chi connectivity index (χ0v) is 15.0. The molecular weight excluding hydrogens is 280 g/mol. The van der Waals surface area contributed by atoms with Crippen molar-refractivity contribution < 1.29 is 4.74 Å². The van der Waals surface area contributed by atoms with Crippen LogP contribution in [0.15, 0.2) is 30.3 Å². The number of rotatable bonds is 5. The van der Waals surface area contributed by atoms with Crippen LogP contribution in [0.25, 0.3) is 0 Å². The summed E-state index contributed by atoms with van der Waals surface area (Å²) in [5, 5.41) is 0. The third kappa shape index (κ3) is 4.52. The van der Waals surface area contributed by atoms with Gasteiger partial charge in [-0.25, -0.2) is 0 Å². The lowest BCUT2D eigenvalue weighted by atomic mass is 9.68. The van der Waals surface area contributed by atoms with Crippen LogP contribution in [-0.2, 0) is 0 Å². The van der Waals surface area contributed by atoms with Crippen molar-refractivity contribution in [3.8, 4) is 5.75 Å². The van der Waals surface area contributed by atoms with E-state index in [-0.39, 0.29) is 0 Å². The van der Waals surface area contributed by atoms with Gasteiger partial charge in [-0.05, 0) is 81.3 Å². The normalized spacial score (nSPS) is 33.1. The first kappa shape index (κ1) is 16.9. The number of hydrogen-bond acceptors (Lipinski definition) is 1. The third-order valence-electron chi connectivity index (χ3n) is 6.68. The second-order valence-corrected chi connectivity index (χ2v) is 8.00. The minimum atomic E-state index is 0.356. The molecule has 0 bridgehead atoms. The van der Waals surface area contributed by atoms with E-state index in [1.165, 1.54) is 57.8 Å². The topological polar surface area (TPSA) is 9.23 Å². The first-order valence-electron chi connectivity index (χ1n) is 9.98. The van der Waals surface area contributed by atoms with Crippen molar-refractivity contribution in [3.05, 3.63) is 30.3 Å². The minimum absolute atomic E-state index is 0.356. The molecule has 1 atom stereocenters. The van der Waals surface area contributed by atoms with Gasteiger partial charge >= 0.3 is 0 Å². The third-order valence-corrected chi connectivity index (χ3v) is 6.68. The highest BCUT2D eigenvalue weighted by atomic mass is 16.5. The predicted molar refractivity (Wildman–Crippen MR) is 97.7 cm³/mol. The van der Waals surface area contributed by atoms with Crippen LogP contribution >= 0.6 is 0 Å². The van der Waals surface area contributed by atoms with Crippen molar-refractivity contribution in [2.75, 3.05) is 0 Å². The number of benzene rings is 1. The fourth-order valence-corrected chi connectivity index (χ4v) is 4.96. The van der Waals surface area contributed by atoms with E-state index in [1.807, 2.05) is 0 Å². The Morgan fingerprint density at radius 1 is 0.870 bits per heavy atom. The molecule has 3 rings (SSSR count). The Hall–Kier alpha value is -0.980. The summed E-state index contributed by atoms with van der Waals surface area (Å²) in [5.41, 5.74) is 0. The van der Waals surface area contributed by atoms with Crippen LogP contribution < -0.4 is 4.74 Å². The van der Waals surface area contributed by atoms with Gasteiger partial charge in [0.05, 0.1) is 6.10 Å². The zero-order chi connectivity index (χ0) is 16.1. The molecule has 0 aromatic heterocycles. The van der Waals surface area contributed by atoms with Crippen molar-refractivity contribution in [2.45, 2.75) is 77.7 Å². The summed E-state index contributed by atoms with van der Waals surface area (Å²) in [4.78, 5) is 0. The molecule has 2 aliphatic carbocycles. The van der Waals surface area contributed by atoms with Gasteiger partial charge in [0.2, 0.25) is 0 Å². The van der Waals surface area contributed by atoms with Gasteiger partial charge in [-0.2, -0.15) is 0 Å². The fraction of sp³-hybridized carbons (Fsp3) is 0.727. The molecule has 2 aliphatic rings. The van der Waals surface area contributed by atoms with Crippen LogP contribution in [0.4, 0.5) is 0 Å². The molecular formula is C22H34O. The van der Waals surface area contributed by atoms with Gasteiger partial charge in [-0.3, -0.25) is 0 Å². The SMILES string of the molecule is CC[C@H]1CC[C@H](C2CCC(C(C)Oc3ccccc3)CC2)CC1. The highest BCUT2D eigenvalue weighted by molar-refractivity contribution is 5.21. The molecule has 2 saturated carbocycles. The molecule has 0 spiro atoms. The van der Waals surface area contributed by atoms with Crippen molar-refractivity contribution >= 4 is 0 Å². The van der Waals surface area contributed by atoms with Crippen LogP contribution in [0, 0.1) is 23.7 Å². The minimum Gasteiger partial charge on any atom is -0.490 e. The van der Waals surface area contributed by atoms with Gasteiger partial charge in [-0.1, -0.05) is 44.4 Å². The maximum Gasteiger partial charge on any atom is 0.119 e. The molecule has 1 nitrogen and oxygen atoms in total. The van der Waals surface area contributed by atoms with Gasteiger partial charge < -0.3 is 4.74 Å². The summed E-state index contributed by atoms with van der Waals surface area (Å²) in [6.45, 7) is 4.63. The van der Waals surface area contributed by atoms with Crippen molar-refractivity contribution in [1.29, 1.82) is 0 Å². The lowest BCUT2D eigenvalue weighted by Crippen LogP contribution is -2.31. The number of ether oxygens (including phenoxy) is 1. The van der Waals surface area contributed by atoms with E-state index >= 15 is 0 Å². The summed E-state index contributed by atoms with van der Waals surface area (Å²) in [5.74, 6) is 4.84. The number of hydrogen-bond donors (Lipinski definition) is 0.